The summed E-state index contributed by atoms with van der Waals surface area (Å²) in [6, 6.07) is 7.96. The first-order valence-electron chi connectivity index (χ1n) is 7.92. The number of aromatic nitrogens is 2. The van der Waals surface area contributed by atoms with Crippen LogP contribution in [0.25, 0.3) is 10.6 Å². The third kappa shape index (κ3) is 4.97. The summed E-state index contributed by atoms with van der Waals surface area (Å²) in [5.74, 6) is 0.860. The van der Waals surface area contributed by atoms with Gasteiger partial charge in [0.15, 0.2) is 5.01 Å². The molecule has 3 rings (SSSR count). The Morgan fingerprint density at radius 3 is 2.91 bits per heavy atom. The third-order valence-electron chi connectivity index (χ3n) is 3.72. The molecule has 124 valence electrons. The monoisotopic (exact) mass is 334 g/mol. The summed E-state index contributed by atoms with van der Waals surface area (Å²) < 4.78 is 11.2. The second-order valence-electron chi connectivity index (χ2n) is 5.29. The smallest absolute Gasteiger partial charge is 0.151 e. The lowest BCUT2D eigenvalue weighted by atomic mass is 10.2. The lowest BCUT2D eigenvalue weighted by Gasteiger charge is -2.26. The third-order valence-corrected chi connectivity index (χ3v) is 4.45. The minimum atomic E-state index is 0.638. The first-order valence-corrected chi connectivity index (χ1v) is 8.80. The predicted molar refractivity (Wildman–Crippen MR) is 91.0 cm³/mol. The highest BCUT2D eigenvalue weighted by Crippen LogP contribution is 2.30. The van der Waals surface area contributed by atoms with E-state index in [1.807, 2.05) is 24.3 Å². The molecule has 0 unspecified atom stereocenters. The summed E-state index contributed by atoms with van der Waals surface area (Å²) in [7, 11) is 0. The van der Waals surface area contributed by atoms with E-state index in [0.717, 1.165) is 62.3 Å². The fraction of sp³-hybridized carbons (Fsp3) is 0.500. The molecule has 0 saturated carbocycles. The largest absolute Gasteiger partial charge is 0.492 e. The van der Waals surface area contributed by atoms with Crippen LogP contribution in [0.1, 0.15) is 0 Å². The molecule has 1 aliphatic rings. The molecule has 2 aromatic rings. The van der Waals surface area contributed by atoms with E-state index in [4.69, 9.17) is 9.47 Å². The Morgan fingerprint density at radius 2 is 2.09 bits per heavy atom. The van der Waals surface area contributed by atoms with Gasteiger partial charge in [0.25, 0.3) is 0 Å². The number of hydrogen-bond acceptors (Lipinski definition) is 7. The number of para-hydroxylation sites is 1. The summed E-state index contributed by atoms with van der Waals surface area (Å²) in [6.07, 6.45) is 0. The van der Waals surface area contributed by atoms with Gasteiger partial charge in [-0.1, -0.05) is 23.5 Å². The van der Waals surface area contributed by atoms with E-state index in [-0.39, 0.29) is 0 Å². The van der Waals surface area contributed by atoms with E-state index in [1.54, 1.807) is 5.51 Å². The van der Waals surface area contributed by atoms with E-state index in [2.05, 4.69) is 20.4 Å². The zero-order valence-electron chi connectivity index (χ0n) is 13.1. The molecule has 23 heavy (non-hydrogen) atoms. The van der Waals surface area contributed by atoms with Gasteiger partial charge in [0.05, 0.1) is 18.8 Å². The Kier molecular flexibility index (Phi) is 6.34. The predicted octanol–water partition coefficient (Wildman–Crippen LogP) is 1.51. The molecule has 6 nitrogen and oxygen atoms in total. The van der Waals surface area contributed by atoms with Gasteiger partial charge in [0.1, 0.15) is 17.9 Å². The number of rotatable bonds is 8. The van der Waals surface area contributed by atoms with Crippen LogP contribution in [0.2, 0.25) is 0 Å². The quantitative estimate of drug-likeness (QED) is 0.739. The standard InChI is InChI=1S/C16H22N4O2S/c1-2-4-15(14(3-1)16-19-18-13-23-16)22-10-6-17-5-7-20-8-11-21-12-9-20/h1-4,13,17H,5-12H2. The second-order valence-corrected chi connectivity index (χ2v) is 6.13. The molecule has 7 heteroatoms. The molecule has 1 N–H and O–H groups in total. The van der Waals surface area contributed by atoms with Gasteiger partial charge in [0, 0.05) is 32.7 Å². The average molecular weight is 334 g/mol. The molecule has 1 aromatic heterocycles. The van der Waals surface area contributed by atoms with Crippen LogP contribution in [0.3, 0.4) is 0 Å². The van der Waals surface area contributed by atoms with Gasteiger partial charge >= 0.3 is 0 Å². The minimum absolute atomic E-state index is 0.638. The van der Waals surface area contributed by atoms with E-state index in [1.165, 1.54) is 11.3 Å². The lowest BCUT2D eigenvalue weighted by molar-refractivity contribution is 0.0384. The first kappa shape index (κ1) is 16.3. The maximum absolute atomic E-state index is 5.90. The first-order chi connectivity index (χ1) is 11.4. The van der Waals surface area contributed by atoms with Gasteiger partial charge in [-0.3, -0.25) is 4.90 Å². The van der Waals surface area contributed by atoms with Crippen molar-refractivity contribution in [3.05, 3.63) is 29.8 Å². The molecule has 2 heterocycles. The van der Waals surface area contributed by atoms with Crippen molar-refractivity contribution in [2.75, 3.05) is 52.5 Å². The Hall–Kier alpha value is -1.54. The molecular formula is C16H22N4O2S. The topological polar surface area (TPSA) is 59.5 Å². The number of morpholine rings is 1. The number of hydrogen-bond donors (Lipinski definition) is 1. The van der Waals surface area contributed by atoms with E-state index in [0.29, 0.717) is 6.61 Å². The van der Waals surface area contributed by atoms with E-state index >= 15 is 0 Å². The van der Waals surface area contributed by atoms with Gasteiger partial charge < -0.3 is 14.8 Å². The molecule has 0 spiro atoms. The Labute approximate surface area is 140 Å². The number of nitrogens with zero attached hydrogens (tertiary/aromatic N) is 3. The van der Waals surface area contributed by atoms with Gasteiger partial charge in [-0.2, -0.15) is 0 Å². The molecule has 0 radical (unpaired) electrons. The van der Waals surface area contributed by atoms with Crippen LogP contribution in [-0.4, -0.2) is 67.6 Å². The van der Waals surface area contributed by atoms with Crippen molar-refractivity contribution in [1.82, 2.24) is 20.4 Å². The fourth-order valence-corrected chi connectivity index (χ4v) is 3.06. The van der Waals surface area contributed by atoms with Crippen molar-refractivity contribution in [3.8, 4) is 16.3 Å². The lowest BCUT2D eigenvalue weighted by Crippen LogP contribution is -2.40. The average Bonchev–Trinajstić information content (AvgIpc) is 3.14. The molecule has 0 aliphatic carbocycles. The second kappa shape index (κ2) is 8.93. The molecule has 1 saturated heterocycles. The summed E-state index contributed by atoms with van der Waals surface area (Å²) in [6.45, 7) is 7.28. The zero-order chi connectivity index (χ0) is 15.7. The van der Waals surface area contributed by atoms with Crippen LogP contribution in [0.4, 0.5) is 0 Å². The Bertz CT molecular complexity index is 573. The molecule has 0 bridgehead atoms. The molecular weight excluding hydrogens is 312 g/mol. The molecule has 0 amide bonds. The maximum atomic E-state index is 5.90. The highest BCUT2D eigenvalue weighted by molar-refractivity contribution is 7.12. The van der Waals surface area contributed by atoms with Crippen molar-refractivity contribution in [2.24, 2.45) is 0 Å². The van der Waals surface area contributed by atoms with Crippen molar-refractivity contribution >= 4 is 11.3 Å². The van der Waals surface area contributed by atoms with Gasteiger partial charge in [-0.25, -0.2) is 0 Å². The zero-order valence-corrected chi connectivity index (χ0v) is 13.9. The SMILES string of the molecule is c1ccc(-c2nncs2)c(OCCNCCN2CCOCC2)c1. The van der Waals surface area contributed by atoms with Crippen molar-refractivity contribution < 1.29 is 9.47 Å². The Morgan fingerprint density at radius 1 is 1.22 bits per heavy atom. The van der Waals surface area contributed by atoms with Crippen molar-refractivity contribution in [2.45, 2.75) is 0 Å². The molecule has 1 aromatic carbocycles. The summed E-state index contributed by atoms with van der Waals surface area (Å²) >= 11 is 1.52. The Balaban J connectivity index is 1.38. The van der Waals surface area contributed by atoms with Gasteiger partial charge in [-0.05, 0) is 12.1 Å². The maximum Gasteiger partial charge on any atom is 0.151 e. The van der Waals surface area contributed by atoms with Crippen LogP contribution in [0.15, 0.2) is 29.8 Å². The van der Waals surface area contributed by atoms with Crippen LogP contribution >= 0.6 is 11.3 Å². The summed E-state index contributed by atoms with van der Waals surface area (Å²) in [4.78, 5) is 2.42. The minimum Gasteiger partial charge on any atom is -0.492 e. The normalized spacial score (nSPS) is 15.7. The molecule has 1 aliphatic heterocycles. The number of ether oxygens (including phenoxy) is 2. The van der Waals surface area contributed by atoms with Crippen LogP contribution < -0.4 is 10.1 Å². The van der Waals surface area contributed by atoms with Crippen LogP contribution in [0.5, 0.6) is 5.75 Å². The fourth-order valence-electron chi connectivity index (χ4n) is 2.48. The number of nitrogens with one attached hydrogen (secondary N) is 1. The molecule has 1 fully saturated rings. The van der Waals surface area contributed by atoms with Crippen LogP contribution in [0, 0.1) is 0 Å². The van der Waals surface area contributed by atoms with E-state index in [9.17, 15) is 0 Å². The van der Waals surface area contributed by atoms with Gasteiger partial charge in [-0.15, -0.1) is 10.2 Å². The van der Waals surface area contributed by atoms with Crippen molar-refractivity contribution in [1.29, 1.82) is 0 Å². The highest BCUT2D eigenvalue weighted by Gasteiger charge is 2.10. The molecule has 0 atom stereocenters. The van der Waals surface area contributed by atoms with Gasteiger partial charge in [0.2, 0.25) is 0 Å². The van der Waals surface area contributed by atoms with Crippen molar-refractivity contribution in [3.63, 3.8) is 0 Å². The highest BCUT2D eigenvalue weighted by atomic mass is 32.1. The summed E-state index contributed by atoms with van der Waals surface area (Å²) in [5.41, 5.74) is 2.74. The van der Waals surface area contributed by atoms with Crippen LogP contribution in [-0.2, 0) is 4.74 Å². The number of benzene rings is 1. The summed E-state index contributed by atoms with van der Waals surface area (Å²) in [5, 5.41) is 12.3. The van der Waals surface area contributed by atoms with E-state index < -0.39 is 0 Å².